The Morgan fingerprint density at radius 2 is 2.09 bits per heavy atom. The van der Waals surface area contributed by atoms with Gasteiger partial charge in [-0.05, 0) is 48.7 Å². The predicted molar refractivity (Wildman–Crippen MR) is 90.4 cm³/mol. The van der Waals surface area contributed by atoms with E-state index in [1.807, 2.05) is 18.2 Å². The van der Waals surface area contributed by atoms with Gasteiger partial charge in [0.2, 0.25) is 0 Å². The van der Waals surface area contributed by atoms with E-state index in [9.17, 15) is 4.79 Å². The van der Waals surface area contributed by atoms with Crippen LogP contribution >= 0.6 is 11.6 Å². The van der Waals surface area contributed by atoms with Crippen LogP contribution in [0.2, 0.25) is 5.02 Å². The van der Waals surface area contributed by atoms with Crippen LogP contribution in [-0.4, -0.2) is 11.4 Å². The molecule has 0 spiro atoms. The van der Waals surface area contributed by atoms with Crippen LogP contribution in [0.15, 0.2) is 48.5 Å². The van der Waals surface area contributed by atoms with Crippen LogP contribution in [0.4, 0.5) is 5.69 Å². The van der Waals surface area contributed by atoms with E-state index >= 15 is 0 Å². The molecule has 4 heteroatoms. The third-order valence-corrected chi connectivity index (χ3v) is 4.65. The van der Waals surface area contributed by atoms with Gasteiger partial charge in [0.15, 0.2) is 0 Å². The summed E-state index contributed by atoms with van der Waals surface area (Å²) < 4.78 is 0. The van der Waals surface area contributed by atoms with E-state index in [0.29, 0.717) is 16.5 Å². The fourth-order valence-electron chi connectivity index (χ4n) is 2.83. The number of carbonyl (C=O) groups excluding carboxylic acids is 1. The van der Waals surface area contributed by atoms with E-state index in [1.54, 1.807) is 24.3 Å². The smallest absolute Gasteiger partial charge is 0.255 e. The number of anilines is 1. The Hall–Kier alpha value is -1.84. The molecule has 2 atom stereocenters. The minimum atomic E-state index is -0.162. The van der Waals surface area contributed by atoms with Crippen LogP contribution in [-0.2, 0) is 0 Å². The van der Waals surface area contributed by atoms with Crippen molar-refractivity contribution in [2.45, 2.75) is 31.2 Å². The van der Waals surface area contributed by atoms with Crippen LogP contribution in [0.1, 0.15) is 41.6 Å². The van der Waals surface area contributed by atoms with Crippen molar-refractivity contribution in [3.05, 3.63) is 64.7 Å². The molecule has 0 radical (unpaired) electrons. The van der Waals surface area contributed by atoms with E-state index in [4.69, 9.17) is 17.3 Å². The van der Waals surface area contributed by atoms with Crippen molar-refractivity contribution in [2.24, 2.45) is 5.73 Å². The van der Waals surface area contributed by atoms with Gasteiger partial charge in [-0.25, -0.2) is 0 Å². The summed E-state index contributed by atoms with van der Waals surface area (Å²) >= 11 is 5.92. The fourth-order valence-corrected chi connectivity index (χ4v) is 3.02. The van der Waals surface area contributed by atoms with E-state index in [1.165, 1.54) is 5.56 Å². The number of hydrogen-bond donors (Lipinski definition) is 2. The summed E-state index contributed by atoms with van der Waals surface area (Å²) in [7, 11) is 0. The van der Waals surface area contributed by atoms with Gasteiger partial charge in [-0.15, -0.1) is 0 Å². The number of carbonyl (C=O) groups is 1. The van der Waals surface area contributed by atoms with Gasteiger partial charge >= 0.3 is 0 Å². The van der Waals surface area contributed by atoms with Crippen LogP contribution in [0.25, 0.3) is 0 Å². The topological polar surface area (TPSA) is 55.1 Å². The predicted octanol–water partition coefficient (Wildman–Crippen LogP) is 4.19. The van der Waals surface area contributed by atoms with Crippen molar-refractivity contribution in [1.29, 1.82) is 0 Å². The van der Waals surface area contributed by atoms with Crippen LogP contribution < -0.4 is 11.1 Å². The summed E-state index contributed by atoms with van der Waals surface area (Å²) in [5.41, 5.74) is 8.73. The molecule has 0 saturated heterocycles. The van der Waals surface area contributed by atoms with E-state index in [-0.39, 0.29) is 11.4 Å². The highest BCUT2D eigenvalue weighted by Crippen LogP contribution is 2.51. The standard InChI is InChI=1S/C18H19ClN2O/c1-2-18(20)11-16(18)12-5-4-8-15(10-12)21-17(22)13-6-3-7-14(19)9-13/h3-10,16H,2,11,20H2,1H3,(H,21,22). The normalized spacial score (nSPS) is 23.1. The third-order valence-electron chi connectivity index (χ3n) is 4.41. The van der Waals surface area contributed by atoms with E-state index in [0.717, 1.165) is 18.5 Å². The zero-order valence-electron chi connectivity index (χ0n) is 12.5. The maximum absolute atomic E-state index is 12.3. The molecule has 3 nitrogen and oxygen atoms in total. The van der Waals surface area contributed by atoms with Crippen molar-refractivity contribution in [2.75, 3.05) is 5.32 Å². The number of nitrogens with two attached hydrogens (primary N) is 1. The van der Waals surface area contributed by atoms with Gasteiger partial charge < -0.3 is 11.1 Å². The molecule has 22 heavy (non-hydrogen) atoms. The molecule has 0 bridgehead atoms. The summed E-state index contributed by atoms with van der Waals surface area (Å²) in [4.78, 5) is 12.3. The molecule has 2 unspecified atom stereocenters. The van der Waals surface area contributed by atoms with Crippen molar-refractivity contribution < 1.29 is 4.79 Å². The van der Waals surface area contributed by atoms with Crippen LogP contribution in [0.3, 0.4) is 0 Å². The van der Waals surface area contributed by atoms with Gasteiger partial charge in [0.05, 0.1) is 0 Å². The first-order chi connectivity index (χ1) is 10.5. The zero-order valence-corrected chi connectivity index (χ0v) is 13.2. The number of benzene rings is 2. The summed E-state index contributed by atoms with van der Waals surface area (Å²) in [6, 6.07) is 14.8. The largest absolute Gasteiger partial charge is 0.325 e. The minimum absolute atomic E-state index is 0.0738. The molecule has 0 heterocycles. The van der Waals surface area contributed by atoms with Crippen LogP contribution in [0.5, 0.6) is 0 Å². The molecule has 3 N–H and O–H groups in total. The Kier molecular flexibility index (Phi) is 3.94. The van der Waals surface area contributed by atoms with Gasteiger partial charge in [0, 0.05) is 27.7 Å². The van der Waals surface area contributed by atoms with E-state index < -0.39 is 0 Å². The fraction of sp³-hybridized carbons (Fsp3) is 0.278. The molecule has 3 rings (SSSR count). The highest BCUT2D eigenvalue weighted by molar-refractivity contribution is 6.31. The number of amides is 1. The third kappa shape index (κ3) is 3.01. The molecule has 0 aromatic heterocycles. The van der Waals surface area contributed by atoms with Gasteiger partial charge in [-0.3, -0.25) is 4.79 Å². The molecule has 1 fully saturated rings. The maximum Gasteiger partial charge on any atom is 0.255 e. The lowest BCUT2D eigenvalue weighted by Gasteiger charge is -2.10. The first-order valence-electron chi connectivity index (χ1n) is 7.47. The number of nitrogens with one attached hydrogen (secondary N) is 1. The molecular weight excluding hydrogens is 296 g/mol. The lowest BCUT2D eigenvalue weighted by atomic mass is 10.0. The average Bonchev–Trinajstić information content (AvgIpc) is 3.20. The van der Waals surface area contributed by atoms with Gasteiger partial charge in [-0.1, -0.05) is 36.7 Å². The average molecular weight is 315 g/mol. The zero-order chi connectivity index (χ0) is 15.7. The SMILES string of the molecule is CCC1(N)CC1c1cccc(NC(=O)c2cccc(Cl)c2)c1. The Morgan fingerprint density at radius 1 is 1.32 bits per heavy atom. The minimum Gasteiger partial charge on any atom is -0.325 e. The van der Waals surface area contributed by atoms with Crippen molar-refractivity contribution >= 4 is 23.2 Å². The molecule has 1 amide bonds. The first-order valence-corrected chi connectivity index (χ1v) is 7.85. The van der Waals surface area contributed by atoms with Gasteiger partial charge in [0.25, 0.3) is 5.91 Å². The second-order valence-electron chi connectivity index (χ2n) is 5.93. The van der Waals surface area contributed by atoms with Crippen molar-refractivity contribution in [3.8, 4) is 0 Å². The number of rotatable bonds is 4. The van der Waals surface area contributed by atoms with E-state index in [2.05, 4.69) is 18.3 Å². The summed E-state index contributed by atoms with van der Waals surface area (Å²) in [5.74, 6) is 0.227. The van der Waals surface area contributed by atoms with Crippen molar-refractivity contribution in [1.82, 2.24) is 0 Å². The molecular formula is C18H19ClN2O. The summed E-state index contributed by atoms with van der Waals surface area (Å²) in [6.45, 7) is 2.12. The number of halogens is 1. The Labute approximate surface area is 135 Å². The second-order valence-corrected chi connectivity index (χ2v) is 6.37. The Balaban J connectivity index is 1.75. The van der Waals surface area contributed by atoms with Gasteiger partial charge in [0.1, 0.15) is 0 Å². The molecule has 1 aliphatic carbocycles. The lowest BCUT2D eigenvalue weighted by Crippen LogP contribution is -2.22. The molecule has 1 saturated carbocycles. The second kappa shape index (κ2) is 5.75. The quantitative estimate of drug-likeness (QED) is 0.889. The molecule has 1 aliphatic rings. The summed E-state index contributed by atoms with van der Waals surface area (Å²) in [6.07, 6.45) is 1.98. The summed E-state index contributed by atoms with van der Waals surface area (Å²) in [5, 5.41) is 3.47. The Morgan fingerprint density at radius 3 is 2.77 bits per heavy atom. The van der Waals surface area contributed by atoms with Gasteiger partial charge in [-0.2, -0.15) is 0 Å². The molecule has 114 valence electrons. The maximum atomic E-state index is 12.3. The van der Waals surface area contributed by atoms with Crippen molar-refractivity contribution in [3.63, 3.8) is 0 Å². The monoisotopic (exact) mass is 314 g/mol. The first kappa shape index (κ1) is 15.1. The Bertz CT molecular complexity index is 716. The molecule has 2 aromatic rings. The highest BCUT2D eigenvalue weighted by atomic mass is 35.5. The molecule has 0 aliphatic heterocycles. The highest BCUT2D eigenvalue weighted by Gasteiger charge is 2.49. The lowest BCUT2D eigenvalue weighted by molar-refractivity contribution is 0.102. The molecule has 2 aromatic carbocycles. The van der Waals surface area contributed by atoms with Crippen LogP contribution in [0, 0.1) is 0 Å². The number of hydrogen-bond acceptors (Lipinski definition) is 2.